The van der Waals surface area contributed by atoms with Crippen molar-refractivity contribution in [2.24, 2.45) is 0 Å². The fraction of sp³-hybridized carbons (Fsp3) is 0.364. The summed E-state index contributed by atoms with van der Waals surface area (Å²) in [7, 11) is -2.49. The van der Waals surface area contributed by atoms with Crippen LogP contribution in [0.4, 0.5) is 5.13 Å². The highest BCUT2D eigenvalue weighted by Gasteiger charge is 2.19. The molecule has 10 heteroatoms. The van der Waals surface area contributed by atoms with Crippen LogP contribution >= 0.6 is 11.3 Å². The number of aromatic nitrogens is 3. The molecule has 0 aliphatic carbocycles. The van der Waals surface area contributed by atoms with Crippen LogP contribution in [0, 0.1) is 0 Å². The first-order valence-electron chi connectivity index (χ1n) is 6.00. The van der Waals surface area contributed by atoms with Crippen LogP contribution < -0.4 is 4.72 Å². The summed E-state index contributed by atoms with van der Waals surface area (Å²) in [6.45, 7) is 2.51. The lowest BCUT2D eigenvalue weighted by Gasteiger charge is -2.01. The van der Waals surface area contributed by atoms with Gasteiger partial charge in [0.1, 0.15) is 0 Å². The van der Waals surface area contributed by atoms with Crippen molar-refractivity contribution in [3.05, 3.63) is 23.6 Å². The van der Waals surface area contributed by atoms with Crippen LogP contribution in [0.2, 0.25) is 0 Å². The average Bonchev–Trinajstić information content (AvgIpc) is 3.07. The third kappa shape index (κ3) is 3.79. The van der Waals surface area contributed by atoms with E-state index in [0.717, 1.165) is 11.3 Å². The van der Waals surface area contributed by atoms with E-state index in [4.69, 9.17) is 0 Å². The molecule has 21 heavy (non-hydrogen) atoms. The Balaban J connectivity index is 2.11. The number of sulfonamides is 1. The molecule has 0 fully saturated rings. The summed E-state index contributed by atoms with van der Waals surface area (Å²) in [5.74, 6) is -0.434. The maximum absolute atomic E-state index is 12.1. The summed E-state index contributed by atoms with van der Waals surface area (Å²) in [5, 5.41) is 1.70. The number of hydrogen-bond donors (Lipinski definition) is 1. The Morgan fingerprint density at radius 1 is 1.52 bits per heavy atom. The molecule has 0 aromatic carbocycles. The quantitative estimate of drug-likeness (QED) is 0.789. The number of hydrogen-bond acceptors (Lipinski definition) is 7. The molecule has 2 aromatic heterocycles. The second-order valence-corrected chi connectivity index (χ2v) is 6.53. The molecular formula is C11H14N4O4S2. The molecule has 8 nitrogen and oxygen atoms in total. The van der Waals surface area contributed by atoms with E-state index < -0.39 is 16.0 Å². The number of rotatable bonds is 6. The first kappa shape index (κ1) is 15.4. The van der Waals surface area contributed by atoms with Crippen molar-refractivity contribution in [3.63, 3.8) is 0 Å². The first-order chi connectivity index (χ1) is 9.94. The Kier molecular flexibility index (Phi) is 4.58. The predicted molar refractivity (Wildman–Crippen MR) is 76.5 cm³/mol. The normalized spacial score (nSPS) is 11.3. The van der Waals surface area contributed by atoms with E-state index in [1.54, 1.807) is 9.95 Å². The molecular weight excluding hydrogens is 316 g/mol. The van der Waals surface area contributed by atoms with Crippen LogP contribution in [0.3, 0.4) is 0 Å². The van der Waals surface area contributed by atoms with E-state index in [0.29, 0.717) is 12.2 Å². The van der Waals surface area contributed by atoms with Gasteiger partial charge in [-0.05, 0) is 6.92 Å². The van der Waals surface area contributed by atoms with Gasteiger partial charge in [0.25, 0.3) is 10.0 Å². The number of nitrogens with zero attached hydrogens (tertiary/aromatic N) is 3. The van der Waals surface area contributed by atoms with Crippen molar-refractivity contribution in [1.29, 1.82) is 0 Å². The SMILES string of the molecule is CCn1cnc(S(=O)(=O)Nc2nc(CC(=O)OC)cs2)c1. The molecule has 2 aromatic rings. The molecule has 2 heterocycles. The zero-order chi connectivity index (χ0) is 15.5. The Labute approximate surface area is 125 Å². The number of esters is 1. The van der Waals surface area contributed by atoms with Crippen LogP contribution in [0.15, 0.2) is 22.9 Å². The number of imidazole rings is 1. The van der Waals surface area contributed by atoms with Gasteiger partial charge in [0.05, 0.1) is 25.6 Å². The highest BCUT2D eigenvalue weighted by Crippen LogP contribution is 2.19. The summed E-state index contributed by atoms with van der Waals surface area (Å²) >= 11 is 1.09. The van der Waals surface area contributed by atoms with E-state index in [1.807, 2.05) is 6.92 Å². The Morgan fingerprint density at radius 2 is 2.29 bits per heavy atom. The third-order valence-corrected chi connectivity index (χ3v) is 4.74. The second kappa shape index (κ2) is 6.22. The van der Waals surface area contributed by atoms with Crippen molar-refractivity contribution in [2.45, 2.75) is 24.9 Å². The van der Waals surface area contributed by atoms with Gasteiger partial charge in [-0.1, -0.05) is 0 Å². The summed E-state index contributed by atoms with van der Waals surface area (Å²) in [5.41, 5.74) is 0.448. The van der Waals surface area contributed by atoms with Gasteiger partial charge in [0, 0.05) is 18.1 Å². The average molecular weight is 330 g/mol. The predicted octanol–water partition coefficient (Wildman–Crippen LogP) is 0.876. The van der Waals surface area contributed by atoms with Crippen LogP contribution in [0.5, 0.6) is 0 Å². The van der Waals surface area contributed by atoms with Crippen LogP contribution in [-0.2, 0) is 32.5 Å². The minimum atomic E-state index is -3.77. The Bertz CT molecular complexity index is 735. The number of aryl methyl sites for hydroxylation is 1. The van der Waals surface area contributed by atoms with Gasteiger partial charge in [-0.2, -0.15) is 8.42 Å². The fourth-order valence-corrected chi connectivity index (χ4v) is 3.39. The standard InChI is InChI=1S/C11H14N4O4S2/c1-3-15-5-9(12-7-15)21(17,18)14-11-13-8(6-20-11)4-10(16)19-2/h5-7H,3-4H2,1-2H3,(H,13,14). The second-order valence-electron chi connectivity index (χ2n) is 4.04. The molecule has 0 unspecified atom stereocenters. The third-order valence-electron chi connectivity index (χ3n) is 2.58. The molecule has 2 rings (SSSR count). The van der Waals surface area contributed by atoms with Crippen molar-refractivity contribution >= 4 is 32.5 Å². The number of nitrogens with one attached hydrogen (secondary N) is 1. The van der Waals surface area contributed by atoms with Gasteiger partial charge < -0.3 is 9.30 Å². The van der Waals surface area contributed by atoms with E-state index in [2.05, 4.69) is 19.4 Å². The van der Waals surface area contributed by atoms with E-state index in [9.17, 15) is 13.2 Å². The number of anilines is 1. The van der Waals surface area contributed by atoms with Crippen LogP contribution in [0.25, 0.3) is 0 Å². The van der Waals surface area contributed by atoms with Gasteiger partial charge >= 0.3 is 5.97 Å². The molecule has 0 aliphatic rings. The van der Waals surface area contributed by atoms with E-state index >= 15 is 0 Å². The van der Waals surface area contributed by atoms with E-state index in [-0.39, 0.29) is 16.6 Å². The minimum absolute atomic E-state index is 0.000804. The number of carbonyl (C=O) groups is 1. The lowest BCUT2D eigenvalue weighted by molar-refractivity contribution is -0.139. The van der Waals surface area contributed by atoms with Crippen LogP contribution in [-0.4, -0.2) is 36.0 Å². The number of ether oxygens (including phenoxy) is 1. The first-order valence-corrected chi connectivity index (χ1v) is 8.36. The van der Waals surface area contributed by atoms with Gasteiger partial charge in [0.2, 0.25) is 0 Å². The van der Waals surface area contributed by atoms with Crippen molar-refractivity contribution < 1.29 is 17.9 Å². The van der Waals surface area contributed by atoms with E-state index in [1.165, 1.54) is 19.6 Å². The molecule has 1 N–H and O–H groups in total. The molecule has 0 saturated carbocycles. The van der Waals surface area contributed by atoms with Crippen molar-refractivity contribution in [3.8, 4) is 0 Å². The minimum Gasteiger partial charge on any atom is -0.469 e. The zero-order valence-corrected chi connectivity index (χ0v) is 13.1. The lowest BCUT2D eigenvalue weighted by Crippen LogP contribution is -2.13. The maximum atomic E-state index is 12.1. The largest absolute Gasteiger partial charge is 0.469 e. The zero-order valence-electron chi connectivity index (χ0n) is 11.4. The molecule has 114 valence electrons. The number of methoxy groups -OCH3 is 1. The summed E-state index contributed by atoms with van der Waals surface area (Å²) in [6, 6.07) is 0. The monoisotopic (exact) mass is 330 g/mol. The summed E-state index contributed by atoms with van der Waals surface area (Å²) in [4.78, 5) is 19.0. The van der Waals surface area contributed by atoms with Gasteiger partial charge in [-0.15, -0.1) is 11.3 Å². The number of carbonyl (C=O) groups excluding carboxylic acids is 1. The highest BCUT2D eigenvalue weighted by molar-refractivity contribution is 7.92. The smallest absolute Gasteiger partial charge is 0.311 e. The highest BCUT2D eigenvalue weighted by atomic mass is 32.2. The van der Waals surface area contributed by atoms with Gasteiger partial charge in [-0.25, -0.2) is 9.97 Å². The van der Waals surface area contributed by atoms with Gasteiger partial charge in [0.15, 0.2) is 10.2 Å². The summed E-state index contributed by atoms with van der Waals surface area (Å²) < 4.78 is 32.7. The van der Waals surface area contributed by atoms with Gasteiger partial charge in [-0.3, -0.25) is 9.52 Å². The molecule has 0 radical (unpaired) electrons. The lowest BCUT2D eigenvalue weighted by atomic mass is 10.3. The molecule has 0 amide bonds. The van der Waals surface area contributed by atoms with Crippen molar-refractivity contribution in [1.82, 2.24) is 14.5 Å². The molecule has 0 saturated heterocycles. The molecule has 0 atom stereocenters. The number of thiazole rings is 1. The fourth-order valence-electron chi connectivity index (χ4n) is 1.47. The van der Waals surface area contributed by atoms with Crippen molar-refractivity contribution in [2.75, 3.05) is 11.8 Å². The van der Waals surface area contributed by atoms with Crippen LogP contribution in [0.1, 0.15) is 12.6 Å². The maximum Gasteiger partial charge on any atom is 0.311 e. The molecule has 0 spiro atoms. The topological polar surface area (TPSA) is 103 Å². The summed E-state index contributed by atoms with van der Waals surface area (Å²) in [6.07, 6.45) is 2.88. The molecule has 0 bridgehead atoms. The Morgan fingerprint density at radius 3 is 2.90 bits per heavy atom. The Hall–Kier alpha value is -1.94. The molecule has 0 aliphatic heterocycles.